The molecule has 26 heavy (non-hydrogen) atoms. The van der Waals surface area contributed by atoms with Crippen LogP contribution in [0.15, 0.2) is 48.8 Å². The summed E-state index contributed by atoms with van der Waals surface area (Å²) in [5.41, 5.74) is 2.24. The smallest absolute Gasteiger partial charge is 0.223 e. The Morgan fingerprint density at radius 1 is 1.31 bits per heavy atom. The maximum absolute atomic E-state index is 12.8. The Morgan fingerprint density at radius 2 is 2.12 bits per heavy atom. The molecule has 0 aliphatic carbocycles. The Bertz CT molecular complexity index is 679. The van der Waals surface area contributed by atoms with Gasteiger partial charge in [0.25, 0.3) is 0 Å². The molecule has 1 N–H and O–H groups in total. The maximum Gasteiger partial charge on any atom is 0.223 e. The second kappa shape index (κ2) is 10.1. The minimum absolute atomic E-state index is 0. The van der Waals surface area contributed by atoms with E-state index in [-0.39, 0.29) is 24.4 Å². The molecule has 1 unspecified atom stereocenters. The number of hydrogen-bond donors (Lipinski definition) is 1. The molecule has 0 spiro atoms. The predicted molar refractivity (Wildman–Crippen MR) is 105 cm³/mol. The summed E-state index contributed by atoms with van der Waals surface area (Å²) in [6.07, 6.45) is 4.88. The van der Waals surface area contributed by atoms with Gasteiger partial charge < -0.3 is 15.0 Å². The van der Waals surface area contributed by atoms with Crippen LogP contribution < -0.4 is 10.1 Å². The number of rotatable bonds is 6. The van der Waals surface area contributed by atoms with Crippen molar-refractivity contribution in [3.05, 3.63) is 59.9 Å². The molecule has 1 aliphatic rings. The van der Waals surface area contributed by atoms with Gasteiger partial charge in [0.2, 0.25) is 5.91 Å². The number of amides is 1. The summed E-state index contributed by atoms with van der Waals surface area (Å²) in [7, 11) is 0. The highest BCUT2D eigenvalue weighted by Gasteiger charge is 2.27. The summed E-state index contributed by atoms with van der Waals surface area (Å²) in [6, 6.07) is 12.0. The Hall–Kier alpha value is -2.11. The third kappa shape index (κ3) is 5.19. The van der Waals surface area contributed by atoms with Crippen molar-refractivity contribution in [3.8, 4) is 5.75 Å². The summed E-state index contributed by atoms with van der Waals surface area (Å²) in [5, 5.41) is 3.37. The van der Waals surface area contributed by atoms with E-state index in [9.17, 15) is 4.79 Å². The number of nitrogens with one attached hydrogen (secondary N) is 1. The van der Waals surface area contributed by atoms with Crippen molar-refractivity contribution in [1.29, 1.82) is 0 Å². The molecule has 1 amide bonds. The van der Waals surface area contributed by atoms with Crippen molar-refractivity contribution in [2.24, 2.45) is 0 Å². The summed E-state index contributed by atoms with van der Waals surface area (Å²) in [4.78, 5) is 19.0. The lowest BCUT2D eigenvalue weighted by Gasteiger charge is -2.36. The average molecular weight is 376 g/mol. The van der Waals surface area contributed by atoms with Crippen LogP contribution in [0.25, 0.3) is 0 Å². The summed E-state index contributed by atoms with van der Waals surface area (Å²) in [6.45, 7) is 4.99. The number of pyridine rings is 1. The number of ether oxygens (including phenoxy) is 1. The first-order chi connectivity index (χ1) is 12.3. The van der Waals surface area contributed by atoms with Crippen LogP contribution in [0.5, 0.6) is 5.75 Å². The molecule has 0 radical (unpaired) electrons. The van der Waals surface area contributed by atoms with Crippen molar-refractivity contribution >= 4 is 18.3 Å². The SMILES string of the molecule is CCOc1ccc(CCC(=O)N2CCNCC2c2cccnc2)cc1.Cl. The summed E-state index contributed by atoms with van der Waals surface area (Å²) >= 11 is 0. The number of nitrogens with zero attached hydrogens (tertiary/aromatic N) is 2. The molecule has 2 aromatic rings. The minimum Gasteiger partial charge on any atom is -0.494 e. The van der Waals surface area contributed by atoms with Gasteiger partial charge in [-0.3, -0.25) is 9.78 Å². The van der Waals surface area contributed by atoms with Crippen LogP contribution >= 0.6 is 12.4 Å². The van der Waals surface area contributed by atoms with Crippen LogP contribution in [-0.2, 0) is 11.2 Å². The first-order valence-corrected chi connectivity index (χ1v) is 8.89. The molecule has 2 heterocycles. The van der Waals surface area contributed by atoms with Gasteiger partial charge in [-0.05, 0) is 42.7 Å². The van der Waals surface area contributed by atoms with Crippen LogP contribution in [0.2, 0.25) is 0 Å². The van der Waals surface area contributed by atoms with Crippen LogP contribution in [0.1, 0.15) is 30.5 Å². The van der Waals surface area contributed by atoms with Crippen LogP contribution in [-0.4, -0.2) is 42.0 Å². The molecule has 140 valence electrons. The zero-order valence-electron chi connectivity index (χ0n) is 15.1. The van der Waals surface area contributed by atoms with E-state index in [1.807, 2.05) is 54.4 Å². The minimum atomic E-state index is 0. The van der Waals surface area contributed by atoms with Crippen molar-refractivity contribution in [2.75, 3.05) is 26.2 Å². The number of halogens is 1. The highest BCUT2D eigenvalue weighted by Crippen LogP contribution is 2.23. The topological polar surface area (TPSA) is 54.5 Å². The average Bonchev–Trinajstić information content (AvgIpc) is 2.68. The second-order valence-corrected chi connectivity index (χ2v) is 6.17. The Balaban J connectivity index is 0.00000243. The van der Waals surface area contributed by atoms with Gasteiger partial charge in [-0.15, -0.1) is 12.4 Å². The third-order valence-electron chi connectivity index (χ3n) is 4.49. The van der Waals surface area contributed by atoms with E-state index in [2.05, 4.69) is 10.3 Å². The first kappa shape index (κ1) is 20.2. The zero-order valence-corrected chi connectivity index (χ0v) is 15.9. The Labute approximate surface area is 161 Å². The molecular weight excluding hydrogens is 350 g/mol. The molecule has 0 bridgehead atoms. The third-order valence-corrected chi connectivity index (χ3v) is 4.49. The molecule has 1 aliphatic heterocycles. The molecule has 5 nitrogen and oxygen atoms in total. The molecule has 0 saturated carbocycles. The van der Waals surface area contributed by atoms with Gasteiger partial charge in [0.1, 0.15) is 5.75 Å². The lowest BCUT2D eigenvalue weighted by molar-refractivity contribution is -0.134. The monoisotopic (exact) mass is 375 g/mol. The molecular formula is C20H26ClN3O2. The maximum atomic E-state index is 12.8. The van der Waals surface area contributed by atoms with Crippen molar-refractivity contribution in [1.82, 2.24) is 15.2 Å². The number of aromatic nitrogens is 1. The van der Waals surface area contributed by atoms with Crippen LogP contribution in [0.3, 0.4) is 0 Å². The fourth-order valence-corrected chi connectivity index (χ4v) is 3.19. The van der Waals surface area contributed by atoms with Crippen molar-refractivity contribution < 1.29 is 9.53 Å². The summed E-state index contributed by atoms with van der Waals surface area (Å²) in [5.74, 6) is 1.07. The zero-order chi connectivity index (χ0) is 17.5. The highest BCUT2D eigenvalue weighted by atomic mass is 35.5. The number of carbonyl (C=O) groups excluding carboxylic acids is 1. The van der Waals surface area contributed by atoms with E-state index in [4.69, 9.17) is 4.74 Å². The summed E-state index contributed by atoms with van der Waals surface area (Å²) < 4.78 is 5.46. The van der Waals surface area contributed by atoms with Gasteiger partial charge in [-0.25, -0.2) is 0 Å². The molecule has 6 heteroatoms. The number of benzene rings is 1. The number of piperazine rings is 1. The van der Waals surface area contributed by atoms with Crippen LogP contribution in [0.4, 0.5) is 0 Å². The number of aryl methyl sites for hydroxylation is 1. The molecule has 1 aromatic heterocycles. The fraction of sp³-hybridized carbons (Fsp3) is 0.400. The Kier molecular flexibility index (Phi) is 7.88. The lowest BCUT2D eigenvalue weighted by Crippen LogP contribution is -2.48. The molecule has 1 atom stereocenters. The standard InChI is InChI=1S/C20H25N3O2.ClH/c1-2-25-18-8-5-16(6-9-18)7-10-20(24)23-13-12-22-15-19(23)17-4-3-11-21-14-17;/h3-6,8-9,11,14,19,22H,2,7,10,12-13,15H2,1H3;1H. The van der Waals surface area contributed by atoms with E-state index < -0.39 is 0 Å². The van der Waals surface area contributed by atoms with Crippen molar-refractivity contribution in [3.63, 3.8) is 0 Å². The number of hydrogen-bond acceptors (Lipinski definition) is 4. The highest BCUT2D eigenvalue weighted by molar-refractivity contribution is 5.85. The molecule has 1 fully saturated rings. The number of carbonyl (C=O) groups is 1. The van der Waals surface area contributed by atoms with Gasteiger partial charge in [0, 0.05) is 38.4 Å². The second-order valence-electron chi connectivity index (χ2n) is 6.17. The van der Waals surface area contributed by atoms with Gasteiger partial charge in [0.05, 0.1) is 12.6 Å². The largest absolute Gasteiger partial charge is 0.494 e. The molecule has 3 rings (SSSR count). The normalized spacial score (nSPS) is 16.7. The van der Waals surface area contributed by atoms with Crippen molar-refractivity contribution in [2.45, 2.75) is 25.8 Å². The van der Waals surface area contributed by atoms with Gasteiger partial charge in [-0.1, -0.05) is 18.2 Å². The van der Waals surface area contributed by atoms with E-state index in [1.54, 1.807) is 6.20 Å². The first-order valence-electron chi connectivity index (χ1n) is 8.89. The van der Waals surface area contributed by atoms with E-state index in [0.29, 0.717) is 13.0 Å². The van der Waals surface area contributed by atoms with E-state index >= 15 is 0 Å². The lowest BCUT2D eigenvalue weighted by atomic mass is 10.0. The van der Waals surface area contributed by atoms with Gasteiger partial charge in [0.15, 0.2) is 0 Å². The van der Waals surface area contributed by atoms with Gasteiger partial charge >= 0.3 is 0 Å². The quantitative estimate of drug-likeness (QED) is 0.843. The predicted octanol–water partition coefficient (Wildman–Crippen LogP) is 3.01. The molecule has 1 aromatic carbocycles. The van der Waals surface area contributed by atoms with E-state index in [1.165, 1.54) is 0 Å². The van der Waals surface area contributed by atoms with E-state index in [0.717, 1.165) is 42.9 Å². The fourth-order valence-electron chi connectivity index (χ4n) is 3.19. The van der Waals surface area contributed by atoms with Gasteiger partial charge in [-0.2, -0.15) is 0 Å². The Morgan fingerprint density at radius 3 is 2.81 bits per heavy atom. The van der Waals surface area contributed by atoms with Crippen LogP contribution in [0, 0.1) is 0 Å². The molecule has 1 saturated heterocycles.